The van der Waals surface area contributed by atoms with Crippen LogP contribution in [0.4, 0.5) is 8.78 Å². The van der Waals surface area contributed by atoms with Gasteiger partial charge in [-0.2, -0.15) is 0 Å². The highest BCUT2D eigenvalue weighted by Crippen LogP contribution is 2.34. The standard InChI is InChI=1S/C19H20F2N2O2/c20-14-6-5-12(7-15(14)21)18-9-13(24)10-23(18)19(25)17-8-11-3-1-2-4-16(11)22-17/h5-8,13,18,22,24H,1-4,9-10H2. The van der Waals surface area contributed by atoms with Crippen LogP contribution < -0.4 is 0 Å². The molecule has 2 heterocycles. The maximum absolute atomic E-state index is 13.6. The maximum Gasteiger partial charge on any atom is 0.270 e. The Morgan fingerprint density at radius 1 is 1.16 bits per heavy atom. The van der Waals surface area contributed by atoms with E-state index >= 15 is 0 Å². The van der Waals surface area contributed by atoms with Crippen molar-refractivity contribution in [1.82, 2.24) is 9.88 Å². The molecule has 1 amide bonds. The highest BCUT2D eigenvalue weighted by molar-refractivity contribution is 5.93. The smallest absolute Gasteiger partial charge is 0.270 e. The van der Waals surface area contributed by atoms with Crippen molar-refractivity contribution in [2.45, 2.75) is 44.2 Å². The Hall–Kier alpha value is -2.21. The summed E-state index contributed by atoms with van der Waals surface area (Å²) in [6.45, 7) is 0.187. The maximum atomic E-state index is 13.6. The molecule has 1 aliphatic carbocycles. The van der Waals surface area contributed by atoms with E-state index in [9.17, 15) is 18.7 Å². The second-order valence-electron chi connectivity index (χ2n) is 6.93. The lowest BCUT2D eigenvalue weighted by atomic mass is 9.98. The Labute approximate surface area is 144 Å². The number of H-pyrrole nitrogens is 1. The SMILES string of the molecule is O=C(c1cc2c([nH]1)CCCC2)N1CC(O)CC1c1ccc(F)c(F)c1. The number of hydrogen-bond acceptors (Lipinski definition) is 2. The third kappa shape index (κ3) is 2.95. The molecule has 2 unspecified atom stereocenters. The summed E-state index contributed by atoms with van der Waals surface area (Å²) in [5, 5.41) is 10.0. The second kappa shape index (κ2) is 6.26. The molecule has 4 nitrogen and oxygen atoms in total. The van der Waals surface area contributed by atoms with Gasteiger partial charge in [-0.25, -0.2) is 8.78 Å². The van der Waals surface area contributed by atoms with Crippen molar-refractivity contribution in [2.24, 2.45) is 0 Å². The summed E-state index contributed by atoms with van der Waals surface area (Å²) >= 11 is 0. The van der Waals surface area contributed by atoms with Crippen molar-refractivity contribution in [1.29, 1.82) is 0 Å². The van der Waals surface area contributed by atoms with E-state index in [0.29, 0.717) is 17.7 Å². The van der Waals surface area contributed by atoms with E-state index in [0.717, 1.165) is 43.5 Å². The molecule has 1 aromatic heterocycles. The predicted molar refractivity (Wildman–Crippen MR) is 88.2 cm³/mol. The van der Waals surface area contributed by atoms with Gasteiger partial charge in [0.05, 0.1) is 12.1 Å². The fourth-order valence-electron chi connectivity index (χ4n) is 3.95. The molecule has 2 N–H and O–H groups in total. The Balaban J connectivity index is 1.63. The minimum absolute atomic E-state index is 0.187. The third-order valence-electron chi connectivity index (χ3n) is 5.21. The number of aromatic nitrogens is 1. The molecule has 132 valence electrons. The zero-order valence-corrected chi connectivity index (χ0v) is 13.8. The van der Waals surface area contributed by atoms with E-state index in [4.69, 9.17) is 0 Å². The van der Waals surface area contributed by atoms with Crippen molar-refractivity contribution < 1.29 is 18.7 Å². The van der Waals surface area contributed by atoms with Crippen LogP contribution in [-0.4, -0.2) is 33.5 Å². The van der Waals surface area contributed by atoms with Crippen LogP contribution in [0.25, 0.3) is 0 Å². The molecule has 4 rings (SSSR count). The summed E-state index contributed by atoms with van der Waals surface area (Å²) in [4.78, 5) is 17.7. The summed E-state index contributed by atoms with van der Waals surface area (Å²) in [6, 6.07) is 5.08. The average Bonchev–Trinajstić information content (AvgIpc) is 3.20. The van der Waals surface area contributed by atoms with Crippen LogP contribution in [0, 0.1) is 11.6 Å². The minimum atomic E-state index is -0.943. The first-order chi connectivity index (χ1) is 12.0. The van der Waals surface area contributed by atoms with Crippen LogP contribution in [0.1, 0.15) is 52.6 Å². The molecule has 2 aliphatic rings. The predicted octanol–water partition coefficient (Wildman–Crippen LogP) is 3.12. The summed E-state index contributed by atoms with van der Waals surface area (Å²) in [6.07, 6.45) is 3.79. The quantitative estimate of drug-likeness (QED) is 0.878. The van der Waals surface area contributed by atoms with Crippen LogP contribution in [0.5, 0.6) is 0 Å². The highest BCUT2D eigenvalue weighted by Gasteiger charge is 2.36. The number of likely N-dealkylation sites (tertiary alicyclic amines) is 1. The molecule has 2 atom stereocenters. The van der Waals surface area contributed by atoms with E-state index in [2.05, 4.69) is 4.98 Å². The number of aromatic amines is 1. The molecular formula is C19H20F2N2O2. The first-order valence-electron chi connectivity index (χ1n) is 8.67. The van der Waals surface area contributed by atoms with Crippen molar-refractivity contribution in [3.05, 3.63) is 58.4 Å². The first-order valence-corrected chi connectivity index (χ1v) is 8.67. The van der Waals surface area contributed by atoms with E-state index in [1.54, 1.807) is 4.90 Å². The lowest BCUT2D eigenvalue weighted by molar-refractivity contribution is 0.0710. The van der Waals surface area contributed by atoms with Gasteiger partial charge >= 0.3 is 0 Å². The number of aryl methyl sites for hydroxylation is 2. The Bertz CT molecular complexity index is 794. The number of hydrogen-bond donors (Lipinski definition) is 2. The fourth-order valence-corrected chi connectivity index (χ4v) is 3.95. The van der Waals surface area contributed by atoms with Gasteiger partial charge in [-0.15, -0.1) is 0 Å². The van der Waals surface area contributed by atoms with Crippen LogP contribution in [0.15, 0.2) is 24.3 Å². The van der Waals surface area contributed by atoms with Crippen LogP contribution in [0.2, 0.25) is 0 Å². The number of rotatable bonds is 2. The van der Waals surface area contributed by atoms with Crippen molar-refractivity contribution in [2.75, 3.05) is 6.54 Å². The van der Waals surface area contributed by atoms with Gasteiger partial charge in [-0.05, 0) is 61.4 Å². The van der Waals surface area contributed by atoms with Gasteiger partial charge < -0.3 is 15.0 Å². The topological polar surface area (TPSA) is 56.3 Å². The molecule has 25 heavy (non-hydrogen) atoms. The van der Waals surface area contributed by atoms with Crippen LogP contribution in [-0.2, 0) is 12.8 Å². The summed E-state index contributed by atoms with van der Waals surface area (Å²) in [7, 11) is 0. The number of carbonyl (C=O) groups is 1. The molecule has 6 heteroatoms. The Kier molecular flexibility index (Phi) is 4.07. The van der Waals surface area contributed by atoms with Gasteiger partial charge in [-0.3, -0.25) is 4.79 Å². The molecule has 1 saturated heterocycles. The number of fused-ring (bicyclic) bond motifs is 1. The Morgan fingerprint density at radius 3 is 2.72 bits per heavy atom. The van der Waals surface area contributed by atoms with E-state index in [-0.39, 0.29) is 12.5 Å². The monoisotopic (exact) mass is 346 g/mol. The largest absolute Gasteiger partial charge is 0.391 e. The van der Waals surface area contributed by atoms with Crippen molar-refractivity contribution in [3.63, 3.8) is 0 Å². The number of nitrogens with zero attached hydrogens (tertiary/aromatic N) is 1. The van der Waals surface area contributed by atoms with Crippen molar-refractivity contribution >= 4 is 5.91 Å². The molecular weight excluding hydrogens is 326 g/mol. The number of aliphatic hydroxyl groups is 1. The molecule has 0 saturated carbocycles. The van der Waals surface area contributed by atoms with Crippen LogP contribution >= 0.6 is 0 Å². The highest BCUT2D eigenvalue weighted by atomic mass is 19.2. The molecule has 1 aliphatic heterocycles. The molecule has 2 aromatic rings. The molecule has 0 radical (unpaired) electrons. The van der Waals surface area contributed by atoms with Gasteiger partial charge in [0, 0.05) is 12.2 Å². The van der Waals surface area contributed by atoms with E-state index in [1.807, 2.05) is 6.07 Å². The van der Waals surface area contributed by atoms with Gasteiger partial charge in [0.25, 0.3) is 5.91 Å². The van der Waals surface area contributed by atoms with Crippen LogP contribution in [0.3, 0.4) is 0 Å². The van der Waals surface area contributed by atoms with Gasteiger partial charge in [0.1, 0.15) is 5.69 Å². The van der Waals surface area contributed by atoms with Gasteiger partial charge in [0.2, 0.25) is 0 Å². The molecule has 0 spiro atoms. The summed E-state index contributed by atoms with van der Waals surface area (Å²) < 4.78 is 26.8. The zero-order valence-electron chi connectivity index (χ0n) is 13.8. The second-order valence-corrected chi connectivity index (χ2v) is 6.93. The average molecular weight is 346 g/mol. The van der Waals surface area contributed by atoms with E-state index in [1.165, 1.54) is 11.6 Å². The first kappa shape index (κ1) is 16.3. The molecule has 0 bridgehead atoms. The number of carbonyl (C=O) groups excluding carboxylic acids is 1. The molecule has 1 aromatic carbocycles. The van der Waals surface area contributed by atoms with Crippen molar-refractivity contribution in [3.8, 4) is 0 Å². The number of benzene rings is 1. The Morgan fingerprint density at radius 2 is 1.96 bits per heavy atom. The zero-order chi connectivity index (χ0) is 17.6. The number of nitrogens with one attached hydrogen (secondary N) is 1. The summed E-state index contributed by atoms with van der Waals surface area (Å²) in [5.41, 5.74) is 3.30. The van der Waals surface area contributed by atoms with E-state index < -0.39 is 23.8 Å². The van der Waals surface area contributed by atoms with Gasteiger partial charge in [0.15, 0.2) is 11.6 Å². The summed E-state index contributed by atoms with van der Waals surface area (Å²) in [5.74, 6) is -2.07. The number of β-amino-alcohol motifs (C(OH)–C–C–N with tert-alkyl or cyclic N) is 1. The third-order valence-corrected chi connectivity index (χ3v) is 5.21. The molecule has 1 fully saturated rings. The normalized spacial score (nSPS) is 22.9. The minimum Gasteiger partial charge on any atom is -0.391 e. The lowest BCUT2D eigenvalue weighted by Crippen LogP contribution is -2.32. The van der Waals surface area contributed by atoms with Gasteiger partial charge in [-0.1, -0.05) is 6.07 Å². The fraction of sp³-hybridized carbons (Fsp3) is 0.421. The number of halogens is 2. The lowest BCUT2D eigenvalue weighted by Gasteiger charge is -2.24. The number of aliphatic hydroxyl groups excluding tert-OH is 1. The number of amides is 1.